The SMILES string of the molecule is COc1ccc(NC2CCC(C(C)(C)C)CC2)cc1Br. The topological polar surface area (TPSA) is 21.3 Å². The monoisotopic (exact) mass is 339 g/mol. The highest BCUT2D eigenvalue weighted by Gasteiger charge is 2.29. The van der Waals surface area contributed by atoms with Gasteiger partial charge in [-0.25, -0.2) is 0 Å². The van der Waals surface area contributed by atoms with E-state index in [0.29, 0.717) is 11.5 Å². The Morgan fingerprint density at radius 2 is 1.80 bits per heavy atom. The molecule has 0 heterocycles. The smallest absolute Gasteiger partial charge is 0.133 e. The predicted octanol–water partition coefficient (Wildman–Crippen LogP) is 5.47. The summed E-state index contributed by atoms with van der Waals surface area (Å²) in [5, 5.41) is 3.66. The van der Waals surface area contributed by atoms with Gasteiger partial charge in [-0.05, 0) is 71.1 Å². The van der Waals surface area contributed by atoms with Crippen molar-refractivity contribution in [3.63, 3.8) is 0 Å². The molecule has 0 bridgehead atoms. The maximum absolute atomic E-state index is 5.27. The van der Waals surface area contributed by atoms with Crippen LogP contribution in [0.4, 0.5) is 5.69 Å². The highest BCUT2D eigenvalue weighted by Crippen LogP contribution is 2.38. The Hall–Kier alpha value is -0.700. The zero-order valence-electron chi connectivity index (χ0n) is 13.0. The molecule has 1 aliphatic rings. The van der Waals surface area contributed by atoms with E-state index in [9.17, 15) is 0 Å². The highest BCUT2D eigenvalue weighted by atomic mass is 79.9. The fourth-order valence-electron chi connectivity index (χ4n) is 3.10. The van der Waals surface area contributed by atoms with E-state index in [1.165, 1.54) is 31.4 Å². The lowest BCUT2D eigenvalue weighted by molar-refractivity contribution is 0.173. The number of hydrogen-bond acceptors (Lipinski definition) is 2. The molecule has 1 aliphatic carbocycles. The fraction of sp³-hybridized carbons (Fsp3) is 0.647. The summed E-state index contributed by atoms with van der Waals surface area (Å²) in [6.45, 7) is 7.10. The predicted molar refractivity (Wildman–Crippen MR) is 89.5 cm³/mol. The van der Waals surface area contributed by atoms with E-state index in [1.807, 2.05) is 6.07 Å². The van der Waals surface area contributed by atoms with Crippen LogP contribution < -0.4 is 10.1 Å². The number of nitrogens with one attached hydrogen (secondary N) is 1. The Morgan fingerprint density at radius 3 is 2.30 bits per heavy atom. The summed E-state index contributed by atoms with van der Waals surface area (Å²) in [5.41, 5.74) is 1.63. The molecule has 20 heavy (non-hydrogen) atoms. The van der Waals surface area contributed by atoms with Crippen molar-refractivity contribution < 1.29 is 4.74 Å². The summed E-state index contributed by atoms with van der Waals surface area (Å²) in [4.78, 5) is 0. The molecule has 2 rings (SSSR count). The third-order valence-electron chi connectivity index (χ3n) is 4.47. The van der Waals surface area contributed by atoms with Crippen LogP contribution in [0.3, 0.4) is 0 Å². The normalized spacial score (nSPS) is 23.4. The van der Waals surface area contributed by atoms with Crippen molar-refractivity contribution in [2.75, 3.05) is 12.4 Å². The van der Waals surface area contributed by atoms with Crippen LogP contribution in [-0.4, -0.2) is 13.2 Å². The summed E-state index contributed by atoms with van der Waals surface area (Å²) < 4.78 is 6.27. The molecule has 1 aromatic rings. The molecule has 1 fully saturated rings. The van der Waals surface area contributed by atoms with E-state index >= 15 is 0 Å². The maximum Gasteiger partial charge on any atom is 0.133 e. The molecule has 2 nitrogen and oxygen atoms in total. The lowest BCUT2D eigenvalue weighted by Gasteiger charge is -2.37. The average Bonchev–Trinajstić information content (AvgIpc) is 2.38. The fourth-order valence-corrected chi connectivity index (χ4v) is 3.64. The largest absolute Gasteiger partial charge is 0.496 e. The summed E-state index contributed by atoms with van der Waals surface area (Å²) in [6, 6.07) is 6.82. The first-order chi connectivity index (χ1) is 9.40. The molecule has 3 heteroatoms. The molecule has 1 aromatic carbocycles. The first kappa shape index (κ1) is 15.7. The van der Waals surface area contributed by atoms with E-state index in [4.69, 9.17) is 4.74 Å². The average molecular weight is 340 g/mol. The van der Waals surface area contributed by atoms with Gasteiger partial charge in [0.2, 0.25) is 0 Å². The molecule has 1 N–H and O–H groups in total. The Kier molecular flexibility index (Phi) is 5.00. The van der Waals surface area contributed by atoms with Crippen LogP contribution in [0.5, 0.6) is 5.75 Å². The molecule has 1 saturated carbocycles. The van der Waals surface area contributed by atoms with Crippen molar-refractivity contribution in [1.82, 2.24) is 0 Å². The van der Waals surface area contributed by atoms with Gasteiger partial charge in [0, 0.05) is 11.7 Å². The molecule has 0 aliphatic heterocycles. The summed E-state index contributed by atoms with van der Waals surface area (Å²) >= 11 is 3.54. The summed E-state index contributed by atoms with van der Waals surface area (Å²) in [5.74, 6) is 1.75. The molecule has 0 amide bonds. The molecule has 0 spiro atoms. The number of benzene rings is 1. The Bertz CT molecular complexity index is 445. The molecule has 0 atom stereocenters. The van der Waals surface area contributed by atoms with Crippen LogP contribution in [0.25, 0.3) is 0 Å². The Labute approximate surface area is 131 Å². The molecular formula is C17H26BrNO. The van der Waals surface area contributed by atoms with Gasteiger partial charge in [-0.15, -0.1) is 0 Å². The third kappa shape index (κ3) is 3.91. The minimum absolute atomic E-state index is 0.452. The van der Waals surface area contributed by atoms with E-state index in [-0.39, 0.29) is 0 Å². The summed E-state index contributed by atoms with van der Waals surface area (Å²) in [7, 11) is 1.70. The number of anilines is 1. The highest BCUT2D eigenvalue weighted by molar-refractivity contribution is 9.10. The van der Waals surface area contributed by atoms with Gasteiger partial charge in [0.05, 0.1) is 11.6 Å². The van der Waals surface area contributed by atoms with Crippen molar-refractivity contribution in [1.29, 1.82) is 0 Å². The summed E-state index contributed by atoms with van der Waals surface area (Å²) in [6.07, 6.45) is 5.20. The number of rotatable bonds is 3. The second kappa shape index (κ2) is 6.38. The number of halogens is 1. The van der Waals surface area contributed by atoms with Gasteiger partial charge >= 0.3 is 0 Å². The Balaban J connectivity index is 1.91. The van der Waals surface area contributed by atoms with Crippen LogP contribution in [0.2, 0.25) is 0 Å². The van der Waals surface area contributed by atoms with Gasteiger partial charge in [-0.2, -0.15) is 0 Å². The van der Waals surface area contributed by atoms with Crippen LogP contribution in [0, 0.1) is 11.3 Å². The second-order valence-corrected chi connectivity index (χ2v) is 7.76. The van der Waals surface area contributed by atoms with Crippen molar-refractivity contribution >= 4 is 21.6 Å². The van der Waals surface area contributed by atoms with Gasteiger partial charge in [0.15, 0.2) is 0 Å². The lowest BCUT2D eigenvalue weighted by Crippen LogP contribution is -2.31. The third-order valence-corrected chi connectivity index (χ3v) is 5.09. The molecular weight excluding hydrogens is 314 g/mol. The quantitative estimate of drug-likeness (QED) is 0.787. The first-order valence-corrected chi connectivity index (χ1v) is 8.29. The van der Waals surface area contributed by atoms with Crippen molar-refractivity contribution in [2.24, 2.45) is 11.3 Å². The number of methoxy groups -OCH3 is 1. The number of ether oxygens (including phenoxy) is 1. The van der Waals surface area contributed by atoms with Gasteiger partial charge in [0.25, 0.3) is 0 Å². The second-order valence-electron chi connectivity index (χ2n) is 6.91. The molecule has 0 saturated heterocycles. The van der Waals surface area contributed by atoms with Crippen LogP contribution in [0.15, 0.2) is 22.7 Å². The van der Waals surface area contributed by atoms with Gasteiger partial charge in [0.1, 0.15) is 5.75 Å². The van der Waals surface area contributed by atoms with Crippen LogP contribution in [0.1, 0.15) is 46.5 Å². The van der Waals surface area contributed by atoms with Gasteiger partial charge in [-0.3, -0.25) is 0 Å². The molecule has 0 radical (unpaired) electrons. The Morgan fingerprint density at radius 1 is 1.15 bits per heavy atom. The lowest BCUT2D eigenvalue weighted by atomic mass is 9.71. The van der Waals surface area contributed by atoms with Crippen molar-refractivity contribution in [3.05, 3.63) is 22.7 Å². The van der Waals surface area contributed by atoms with E-state index < -0.39 is 0 Å². The van der Waals surface area contributed by atoms with Crippen molar-refractivity contribution in [2.45, 2.75) is 52.5 Å². The number of hydrogen-bond donors (Lipinski definition) is 1. The first-order valence-electron chi connectivity index (χ1n) is 7.50. The van der Waals surface area contributed by atoms with Crippen LogP contribution in [-0.2, 0) is 0 Å². The van der Waals surface area contributed by atoms with E-state index in [1.54, 1.807) is 7.11 Å². The standard InChI is InChI=1S/C17H26BrNO/c1-17(2,3)12-5-7-13(8-6-12)19-14-9-10-16(20-4)15(18)11-14/h9-13,19H,5-8H2,1-4H3. The zero-order valence-corrected chi connectivity index (χ0v) is 14.6. The van der Waals surface area contributed by atoms with E-state index in [2.05, 4.69) is 54.2 Å². The molecule has 0 unspecified atom stereocenters. The van der Waals surface area contributed by atoms with Crippen LogP contribution >= 0.6 is 15.9 Å². The molecule has 0 aromatic heterocycles. The minimum atomic E-state index is 0.452. The maximum atomic E-state index is 5.27. The van der Waals surface area contributed by atoms with E-state index in [0.717, 1.165) is 16.1 Å². The van der Waals surface area contributed by atoms with Crippen molar-refractivity contribution in [3.8, 4) is 5.75 Å². The van der Waals surface area contributed by atoms with Gasteiger partial charge in [-0.1, -0.05) is 20.8 Å². The minimum Gasteiger partial charge on any atom is -0.496 e. The molecule has 112 valence electrons. The van der Waals surface area contributed by atoms with Gasteiger partial charge < -0.3 is 10.1 Å². The zero-order chi connectivity index (χ0) is 14.8.